The molecule has 0 aromatic heterocycles. The molecule has 0 radical (unpaired) electrons. The molecule has 0 aliphatic rings. The molecule has 0 heterocycles. The van der Waals surface area contributed by atoms with E-state index in [1.54, 1.807) is 36.4 Å². The number of carbonyl (C=O) groups excluding carboxylic acids is 2. The molecule has 24 heavy (non-hydrogen) atoms. The Morgan fingerprint density at radius 1 is 1.17 bits per heavy atom. The van der Waals surface area contributed by atoms with Crippen molar-refractivity contribution in [3.63, 3.8) is 0 Å². The van der Waals surface area contributed by atoms with E-state index in [0.29, 0.717) is 16.5 Å². The lowest BCUT2D eigenvalue weighted by atomic mass is 10.2. The van der Waals surface area contributed by atoms with Crippen molar-refractivity contribution in [1.29, 1.82) is 0 Å². The number of rotatable bonds is 6. The lowest BCUT2D eigenvalue weighted by Gasteiger charge is -2.10. The van der Waals surface area contributed by atoms with Crippen LogP contribution in [-0.4, -0.2) is 25.1 Å². The number of amides is 1. The first-order valence-electron chi connectivity index (χ1n) is 7.04. The standard InChI is InChI=1S/C17H15BrClNO4/c1-11-8-12(19)6-7-15(11)23-10-17(22)24-9-16(21)20-14-5-3-2-4-13(14)18/h2-8H,9-10H2,1H3,(H,20,21). The van der Waals surface area contributed by atoms with Crippen LogP contribution in [0.25, 0.3) is 0 Å². The number of halogens is 2. The number of para-hydroxylation sites is 1. The van der Waals surface area contributed by atoms with Crippen LogP contribution in [-0.2, 0) is 14.3 Å². The molecule has 1 N–H and O–H groups in total. The summed E-state index contributed by atoms with van der Waals surface area (Å²) < 4.78 is 11.0. The zero-order valence-corrected chi connectivity index (χ0v) is 15.2. The van der Waals surface area contributed by atoms with Crippen LogP contribution < -0.4 is 10.1 Å². The first-order chi connectivity index (χ1) is 11.5. The van der Waals surface area contributed by atoms with Crippen LogP contribution in [0.1, 0.15) is 5.56 Å². The highest BCUT2D eigenvalue weighted by molar-refractivity contribution is 9.10. The molecule has 2 rings (SSSR count). The molecule has 0 spiro atoms. The minimum Gasteiger partial charge on any atom is -0.482 e. The lowest BCUT2D eigenvalue weighted by Crippen LogP contribution is -2.23. The van der Waals surface area contributed by atoms with Gasteiger partial charge < -0.3 is 14.8 Å². The molecule has 126 valence electrons. The Kier molecular flexibility index (Phi) is 6.63. The van der Waals surface area contributed by atoms with E-state index in [0.717, 1.165) is 10.0 Å². The number of nitrogens with one attached hydrogen (secondary N) is 1. The number of anilines is 1. The van der Waals surface area contributed by atoms with Crippen LogP contribution in [0.3, 0.4) is 0 Å². The highest BCUT2D eigenvalue weighted by Gasteiger charge is 2.10. The molecule has 1 amide bonds. The van der Waals surface area contributed by atoms with Crippen LogP contribution in [0.2, 0.25) is 5.02 Å². The van der Waals surface area contributed by atoms with Crippen molar-refractivity contribution in [3.05, 3.63) is 57.5 Å². The summed E-state index contributed by atoms with van der Waals surface area (Å²) in [5.41, 5.74) is 1.41. The summed E-state index contributed by atoms with van der Waals surface area (Å²) in [4.78, 5) is 23.4. The fourth-order valence-corrected chi connectivity index (χ4v) is 2.46. The van der Waals surface area contributed by atoms with Crippen molar-refractivity contribution in [2.45, 2.75) is 6.92 Å². The molecule has 0 unspecified atom stereocenters. The summed E-state index contributed by atoms with van der Waals surface area (Å²) in [5.74, 6) is -0.529. The normalized spacial score (nSPS) is 10.1. The summed E-state index contributed by atoms with van der Waals surface area (Å²) in [6.45, 7) is 1.14. The van der Waals surface area contributed by atoms with Gasteiger partial charge >= 0.3 is 5.97 Å². The zero-order valence-electron chi connectivity index (χ0n) is 12.8. The Labute approximate surface area is 153 Å². The third-order valence-corrected chi connectivity index (χ3v) is 3.92. The van der Waals surface area contributed by atoms with Gasteiger partial charge in [0, 0.05) is 9.50 Å². The lowest BCUT2D eigenvalue weighted by molar-refractivity contribution is -0.149. The molecule has 0 aliphatic heterocycles. The average molecular weight is 413 g/mol. The zero-order chi connectivity index (χ0) is 17.5. The van der Waals surface area contributed by atoms with Gasteiger partial charge in [-0.25, -0.2) is 4.79 Å². The molecule has 0 bridgehead atoms. The third kappa shape index (κ3) is 5.54. The molecule has 2 aromatic carbocycles. The van der Waals surface area contributed by atoms with Crippen molar-refractivity contribution in [2.75, 3.05) is 18.5 Å². The number of hydrogen-bond donors (Lipinski definition) is 1. The van der Waals surface area contributed by atoms with Crippen LogP contribution in [0, 0.1) is 6.92 Å². The summed E-state index contributed by atoms with van der Waals surface area (Å²) in [6.07, 6.45) is 0. The Bertz CT molecular complexity index is 751. The smallest absolute Gasteiger partial charge is 0.344 e. The van der Waals surface area contributed by atoms with Gasteiger partial charge in [-0.15, -0.1) is 0 Å². The SMILES string of the molecule is Cc1cc(Cl)ccc1OCC(=O)OCC(=O)Nc1ccccc1Br. The quantitative estimate of drug-likeness (QED) is 0.729. The van der Waals surface area contributed by atoms with Gasteiger partial charge in [0.05, 0.1) is 5.69 Å². The van der Waals surface area contributed by atoms with E-state index in [4.69, 9.17) is 21.1 Å². The van der Waals surface area contributed by atoms with Crippen molar-refractivity contribution < 1.29 is 19.1 Å². The number of esters is 1. The van der Waals surface area contributed by atoms with E-state index in [9.17, 15) is 9.59 Å². The molecule has 7 heteroatoms. The predicted octanol–water partition coefficient (Wildman–Crippen LogP) is 3.97. The number of ether oxygens (including phenoxy) is 2. The predicted molar refractivity (Wildman–Crippen MR) is 95.4 cm³/mol. The third-order valence-electron chi connectivity index (χ3n) is 2.99. The van der Waals surface area contributed by atoms with Crippen LogP contribution in [0.15, 0.2) is 46.9 Å². The highest BCUT2D eigenvalue weighted by atomic mass is 79.9. The average Bonchev–Trinajstić information content (AvgIpc) is 2.54. The molecule has 0 atom stereocenters. The topological polar surface area (TPSA) is 64.6 Å². The fourth-order valence-electron chi connectivity index (χ4n) is 1.85. The Morgan fingerprint density at radius 3 is 2.62 bits per heavy atom. The van der Waals surface area contributed by atoms with Crippen molar-refractivity contribution in [1.82, 2.24) is 0 Å². The van der Waals surface area contributed by atoms with E-state index >= 15 is 0 Å². The monoisotopic (exact) mass is 411 g/mol. The second-order valence-electron chi connectivity index (χ2n) is 4.89. The summed E-state index contributed by atoms with van der Waals surface area (Å²) in [6, 6.07) is 12.2. The van der Waals surface area contributed by atoms with Crippen LogP contribution >= 0.6 is 27.5 Å². The van der Waals surface area contributed by atoms with E-state index in [2.05, 4.69) is 21.2 Å². The molecule has 0 fully saturated rings. The maximum atomic E-state index is 11.8. The van der Waals surface area contributed by atoms with Crippen molar-refractivity contribution in [3.8, 4) is 5.75 Å². The minimum absolute atomic E-state index is 0.287. The Hall–Kier alpha value is -2.05. The summed E-state index contributed by atoms with van der Waals surface area (Å²) >= 11 is 9.16. The van der Waals surface area contributed by atoms with Gasteiger partial charge in [-0.1, -0.05) is 23.7 Å². The summed E-state index contributed by atoms with van der Waals surface area (Å²) in [5, 5.41) is 3.23. The van der Waals surface area contributed by atoms with Gasteiger partial charge in [0.2, 0.25) is 0 Å². The van der Waals surface area contributed by atoms with Gasteiger partial charge in [-0.2, -0.15) is 0 Å². The van der Waals surface area contributed by atoms with Crippen LogP contribution in [0.5, 0.6) is 5.75 Å². The van der Waals surface area contributed by atoms with Crippen molar-refractivity contribution in [2.24, 2.45) is 0 Å². The van der Waals surface area contributed by atoms with Crippen molar-refractivity contribution >= 4 is 45.1 Å². The maximum Gasteiger partial charge on any atom is 0.344 e. The largest absolute Gasteiger partial charge is 0.482 e. The Morgan fingerprint density at radius 2 is 1.92 bits per heavy atom. The fraction of sp³-hybridized carbons (Fsp3) is 0.176. The van der Waals surface area contributed by atoms with E-state index in [1.807, 2.05) is 13.0 Å². The Balaban J connectivity index is 1.76. The minimum atomic E-state index is -0.633. The molecule has 0 saturated carbocycles. The maximum absolute atomic E-state index is 11.8. The second-order valence-corrected chi connectivity index (χ2v) is 6.18. The van der Waals surface area contributed by atoms with Gasteiger partial charge in [0.1, 0.15) is 5.75 Å². The summed E-state index contributed by atoms with van der Waals surface area (Å²) in [7, 11) is 0. The van der Waals surface area contributed by atoms with Gasteiger partial charge in [-0.3, -0.25) is 4.79 Å². The molecular formula is C17H15BrClNO4. The van der Waals surface area contributed by atoms with Gasteiger partial charge in [0.25, 0.3) is 5.91 Å². The van der Waals surface area contributed by atoms with Gasteiger partial charge in [-0.05, 0) is 58.7 Å². The first kappa shape index (κ1) is 18.3. The van der Waals surface area contributed by atoms with Crippen LogP contribution in [0.4, 0.5) is 5.69 Å². The van der Waals surface area contributed by atoms with E-state index in [1.165, 1.54) is 0 Å². The van der Waals surface area contributed by atoms with E-state index in [-0.39, 0.29) is 13.2 Å². The number of benzene rings is 2. The van der Waals surface area contributed by atoms with E-state index < -0.39 is 11.9 Å². The van der Waals surface area contributed by atoms with Gasteiger partial charge in [0.15, 0.2) is 13.2 Å². The number of carbonyl (C=O) groups is 2. The molecule has 2 aromatic rings. The highest BCUT2D eigenvalue weighted by Crippen LogP contribution is 2.22. The molecule has 0 aliphatic carbocycles. The molecule has 0 saturated heterocycles. The first-order valence-corrected chi connectivity index (χ1v) is 8.22. The molecule has 5 nitrogen and oxygen atoms in total. The number of aryl methyl sites for hydroxylation is 1. The number of hydrogen-bond acceptors (Lipinski definition) is 4. The molecular weight excluding hydrogens is 398 g/mol. The second kappa shape index (κ2) is 8.70.